The highest BCUT2D eigenvalue weighted by Crippen LogP contribution is 2.30. The molecule has 0 aliphatic carbocycles. The molecule has 12 heteroatoms. The van der Waals surface area contributed by atoms with Gasteiger partial charge < -0.3 is 23.8 Å². The number of hydrogen-bond acceptors (Lipinski definition) is 7. The summed E-state index contributed by atoms with van der Waals surface area (Å²) in [5, 5.41) is 13.3. The second-order valence-corrected chi connectivity index (χ2v) is 14.1. The Morgan fingerprint density at radius 1 is 1.17 bits per heavy atom. The number of likely N-dealkylation sites (tertiary alicyclic amines) is 1. The number of aromatic nitrogens is 2. The van der Waals surface area contributed by atoms with E-state index in [1.165, 1.54) is 0 Å². The van der Waals surface area contributed by atoms with Crippen LogP contribution >= 0.6 is 11.6 Å². The largest absolute Gasteiger partial charge is 0.415 e. The average molecular weight is 677 g/mol. The van der Waals surface area contributed by atoms with Crippen LogP contribution in [0.5, 0.6) is 5.75 Å². The molecule has 1 aliphatic heterocycles. The predicted octanol–water partition coefficient (Wildman–Crippen LogP) is 7.06. The number of amides is 3. The van der Waals surface area contributed by atoms with Crippen LogP contribution in [0.4, 0.5) is 10.7 Å². The van der Waals surface area contributed by atoms with Crippen molar-refractivity contribution in [3.63, 3.8) is 0 Å². The maximum atomic E-state index is 13.7. The van der Waals surface area contributed by atoms with Gasteiger partial charge in [0.1, 0.15) is 17.4 Å². The Hall–Kier alpha value is -4.40. The topological polar surface area (TPSA) is 130 Å². The Morgan fingerprint density at radius 3 is 2.48 bits per heavy atom. The first-order chi connectivity index (χ1) is 22.5. The van der Waals surface area contributed by atoms with Gasteiger partial charge >= 0.3 is 6.09 Å². The van der Waals surface area contributed by atoms with E-state index in [-0.39, 0.29) is 40.8 Å². The Balaban J connectivity index is 1.68. The van der Waals surface area contributed by atoms with Crippen molar-refractivity contribution >= 4 is 46.5 Å². The van der Waals surface area contributed by atoms with Crippen molar-refractivity contribution in [1.82, 2.24) is 19.4 Å². The van der Waals surface area contributed by atoms with Crippen LogP contribution < -0.4 is 10.1 Å². The van der Waals surface area contributed by atoms with Crippen molar-refractivity contribution in [3.8, 4) is 11.8 Å². The molecule has 0 saturated carbocycles. The fraction of sp³-hybridized carbons (Fsp3) is 0.472. The molecule has 4 rings (SSSR count). The summed E-state index contributed by atoms with van der Waals surface area (Å²) in [7, 11) is 1.70. The summed E-state index contributed by atoms with van der Waals surface area (Å²) >= 11 is 6.03. The number of nitrogens with one attached hydrogen (secondary N) is 1. The molecular formula is C36H45ClN6O5. The van der Waals surface area contributed by atoms with Crippen LogP contribution in [-0.4, -0.2) is 75.1 Å². The lowest BCUT2D eigenvalue weighted by Crippen LogP contribution is -2.44. The highest BCUT2D eigenvalue weighted by atomic mass is 35.5. The van der Waals surface area contributed by atoms with E-state index in [0.29, 0.717) is 53.5 Å². The van der Waals surface area contributed by atoms with Crippen LogP contribution in [0.2, 0.25) is 5.02 Å². The second-order valence-electron chi connectivity index (χ2n) is 13.7. The number of ether oxygens (including phenoxy) is 2. The zero-order chi connectivity index (χ0) is 35.4. The van der Waals surface area contributed by atoms with Crippen molar-refractivity contribution < 1.29 is 23.9 Å². The minimum atomic E-state index is -0.787. The molecule has 1 aliphatic rings. The van der Waals surface area contributed by atoms with Gasteiger partial charge in [-0.15, -0.1) is 0 Å². The Kier molecular flexibility index (Phi) is 11.2. The maximum absolute atomic E-state index is 13.7. The van der Waals surface area contributed by atoms with Crippen molar-refractivity contribution in [3.05, 3.63) is 64.7 Å². The fourth-order valence-corrected chi connectivity index (χ4v) is 5.83. The minimum Gasteiger partial charge on any atom is -0.410 e. The van der Waals surface area contributed by atoms with E-state index in [1.807, 2.05) is 32.3 Å². The maximum Gasteiger partial charge on any atom is 0.415 e. The zero-order valence-electron chi connectivity index (χ0n) is 29.0. The normalized spacial score (nSPS) is 16.0. The summed E-state index contributed by atoms with van der Waals surface area (Å²) in [5.74, 6) is -0.189. The molecule has 256 valence electrons. The average Bonchev–Trinajstić information content (AvgIpc) is 3.62. The molecule has 0 bridgehead atoms. The number of fused-ring (bicyclic) bond motifs is 1. The SMILES string of the molecule is CCOC(C)(C)C=C(C#N)C(=O)N1CCCC1Cn1c(NC(=O)c2ccc(Cl)cc2)nc2cc(OC(=O)N(C)[C@@H](C)C(C)(C)C)ccc21. The molecule has 0 radical (unpaired) electrons. The molecule has 11 nitrogen and oxygen atoms in total. The summed E-state index contributed by atoms with van der Waals surface area (Å²) in [5.41, 5.74) is 0.638. The number of hydrogen-bond donors (Lipinski definition) is 1. The van der Waals surface area contributed by atoms with Gasteiger partial charge in [-0.3, -0.25) is 14.9 Å². The van der Waals surface area contributed by atoms with Crippen molar-refractivity contribution in [2.24, 2.45) is 5.41 Å². The summed E-state index contributed by atoms with van der Waals surface area (Å²) < 4.78 is 13.3. The van der Waals surface area contributed by atoms with Gasteiger partial charge in [0.25, 0.3) is 11.8 Å². The first kappa shape index (κ1) is 36.4. The zero-order valence-corrected chi connectivity index (χ0v) is 29.7. The molecule has 0 spiro atoms. The van der Waals surface area contributed by atoms with Crippen LogP contribution in [0.3, 0.4) is 0 Å². The Morgan fingerprint density at radius 2 is 1.85 bits per heavy atom. The van der Waals surface area contributed by atoms with Crippen molar-refractivity contribution in [1.29, 1.82) is 5.26 Å². The molecule has 1 saturated heterocycles. The van der Waals surface area contributed by atoms with Gasteiger partial charge in [0, 0.05) is 49.4 Å². The predicted molar refractivity (Wildman–Crippen MR) is 186 cm³/mol. The quantitative estimate of drug-likeness (QED) is 0.180. The third-order valence-electron chi connectivity index (χ3n) is 8.77. The molecule has 3 aromatic rings. The van der Waals surface area contributed by atoms with Gasteiger partial charge in [-0.25, -0.2) is 9.78 Å². The molecule has 3 amide bonds. The minimum absolute atomic E-state index is 0.0179. The number of carbonyl (C=O) groups is 3. The smallest absolute Gasteiger partial charge is 0.410 e. The standard InChI is InChI=1S/C36H45ClN6O5/c1-9-47-36(6,7)20-25(21-38)32(45)42-18-10-11-27(42)22-43-30-17-16-28(48-34(46)41(8)23(2)35(3,4)5)19-29(30)39-33(43)40-31(44)24-12-14-26(37)15-13-24/h12-17,19-20,23,27H,9-11,18,22H2,1-8H3,(H,39,40,44)/t23-,27?/m0/s1. The van der Waals surface area contributed by atoms with E-state index in [1.54, 1.807) is 65.4 Å². The van der Waals surface area contributed by atoms with E-state index in [0.717, 1.165) is 6.42 Å². The number of nitriles is 1. The van der Waals surface area contributed by atoms with Crippen molar-refractivity contribution in [2.45, 2.75) is 85.5 Å². The van der Waals surface area contributed by atoms with Crippen LogP contribution in [-0.2, 0) is 16.1 Å². The van der Waals surface area contributed by atoms with Gasteiger partial charge in [-0.05, 0) is 88.4 Å². The number of carbonyl (C=O) groups excluding carboxylic acids is 3. The highest BCUT2D eigenvalue weighted by Gasteiger charge is 2.33. The monoisotopic (exact) mass is 676 g/mol. The van der Waals surface area contributed by atoms with Gasteiger partial charge in [-0.2, -0.15) is 5.26 Å². The fourth-order valence-electron chi connectivity index (χ4n) is 5.70. The third-order valence-corrected chi connectivity index (χ3v) is 9.02. The number of rotatable bonds is 10. The number of imidazole rings is 1. The molecule has 1 N–H and O–H groups in total. The van der Waals surface area contributed by atoms with Gasteiger partial charge in [0.15, 0.2) is 0 Å². The molecule has 1 aromatic heterocycles. The molecule has 2 heterocycles. The van der Waals surface area contributed by atoms with E-state index < -0.39 is 11.7 Å². The lowest BCUT2D eigenvalue weighted by Gasteiger charge is -2.34. The van der Waals surface area contributed by atoms with E-state index in [2.05, 4.69) is 32.2 Å². The Labute approximate surface area is 287 Å². The molecular weight excluding hydrogens is 632 g/mol. The van der Waals surface area contributed by atoms with Gasteiger partial charge in [-0.1, -0.05) is 32.4 Å². The molecule has 1 unspecified atom stereocenters. The summed E-state index contributed by atoms with van der Waals surface area (Å²) in [4.78, 5) is 48.0. The van der Waals surface area contributed by atoms with E-state index >= 15 is 0 Å². The summed E-state index contributed by atoms with van der Waals surface area (Å²) in [6, 6.07) is 13.3. The molecule has 1 fully saturated rings. The summed E-state index contributed by atoms with van der Waals surface area (Å²) in [6.45, 7) is 14.8. The van der Waals surface area contributed by atoms with Crippen LogP contribution in [0, 0.1) is 16.7 Å². The lowest BCUT2D eigenvalue weighted by atomic mass is 9.87. The third kappa shape index (κ3) is 8.54. The first-order valence-electron chi connectivity index (χ1n) is 16.1. The van der Waals surface area contributed by atoms with E-state index in [4.69, 9.17) is 26.1 Å². The number of anilines is 1. The van der Waals surface area contributed by atoms with Gasteiger partial charge in [0.2, 0.25) is 5.95 Å². The number of benzene rings is 2. The molecule has 2 aromatic carbocycles. The number of halogens is 1. The van der Waals surface area contributed by atoms with E-state index in [9.17, 15) is 19.6 Å². The van der Waals surface area contributed by atoms with Gasteiger partial charge in [0.05, 0.1) is 22.7 Å². The lowest BCUT2D eigenvalue weighted by molar-refractivity contribution is -0.127. The summed E-state index contributed by atoms with van der Waals surface area (Å²) in [6.07, 6.45) is 2.52. The van der Waals surface area contributed by atoms with Crippen LogP contribution in [0.25, 0.3) is 11.0 Å². The van der Waals surface area contributed by atoms with Crippen molar-refractivity contribution in [2.75, 3.05) is 25.5 Å². The molecule has 48 heavy (non-hydrogen) atoms. The van der Waals surface area contributed by atoms with Crippen LogP contribution in [0.1, 0.15) is 71.7 Å². The molecule has 2 atom stereocenters. The Bertz CT molecular complexity index is 1730. The highest BCUT2D eigenvalue weighted by molar-refractivity contribution is 6.30. The number of nitrogens with zero attached hydrogens (tertiary/aromatic N) is 5. The van der Waals surface area contributed by atoms with Crippen LogP contribution in [0.15, 0.2) is 54.1 Å². The first-order valence-corrected chi connectivity index (χ1v) is 16.5. The second kappa shape index (κ2) is 14.8.